The van der Waals surface area contributed by atoms with Crippen molar-refractivity contribution in [3.63, 3.8) is 0 Å². The molecule has 1 aromatic carbocycles. The lowest BCUT2D eigenvalue weighted by Gasteiger charge is -2.10. The van der Waals surface area contributed by atoms with Gasteiger partial charge >= 0.3 is 0 Å². The van der Waals surface area contributed by atoms with Crippen LogP contribution in [0.1, 0.15) is 17.5 Å². The Labute approximate surface area is 76.6 Å². The number of nitrogens with zero attached hydrogens (tertiary/aromatic N) is 1. The van der Waals surface area contributed by atoms with Gasteiger partial charge in [-0.1, -0.05) is 24.3 Å². The Balaban J connectivity index is 2.60. The van der Waals surface area contributed by atoms with E-state index >= 15 is 0 Å². The number of hydrogen-bond acceptors (Lipinski definition) is 2. The minimum absolute atomic E-state index is 0.725. The van der Waals surface area contributed by atoms with Crippen LogP contribution in [-0.4, -0.2) is 6.08 Å². The molecule has 0 amide bonds. The van der Waals surface area contributed by atoms with Crippen LogP contribution in [0.2, 0.25) is 0 Å². The lowest BCUT2D eigenvalue weighted by Crippen LogP contribution is -1.93. The van der Waals surface area contributed by atoms with Gasteiger partial charge in [-0.2, -0.15) is 4.99 Å². The highest BCUT2D eigenvalue weighted by molar-refractivity contribution is 5.70. The molecule has 2 rings (SSSR count). The fourth-order valence-electron chi connectivity index (χ4n) is 1.60. The molecule has 0 aliphatic heterocycles. The summed E-state index contributed by atoms with van der Waals surface area (Å²) in [5, 5.41) is 0. The third kappa shape index (κ3) is 1.44. The minimum atomic E-state index is 0.725. The van der Waals surface area contributed by atoms with E-state index in [9.17, 15) is 4.79 Å². The van der Waals surface area contributed by atoms with E-state index in [1.54, 1.807) is 6.08 Å². The summed E-state index contributed by atoms with van der Waals surface area (Å²) in [5.74, 6) is 0. The number of isocyanates is 1. The molecule has 0 fully saturated rings. The van der Waals surface area contributed by atoms with E-state index in [1.807, 2.05) is 18.2 Å². The monoisotopic (exact) mass is 171 g/mol. The van der Waals surface area contributed by atoms with Crippen molar-refractivity contribution in [1.82, 2.24) is 0 Å². The van der Waals surface area contributed by atoms with Gasteiger partial charge in [-0.15, -0.1) is 0 Å². The second-order valence-electron chi connectivity index (χ2n) is 2.99. The summed E-state index contributed by atoms with van der Waals surface area (Å²) in [7, 11) is 0. The molecule has 13 heavy (non-hydrogen) atoms. The molecule has 1 aromatic rings. The maximum absolute atomic E-state index is 10.1. The number of carbonyl (C=O) groups excluding carboxylic acids is 1. The molecule has 0 radical (unpaired) electrons. The Morgan fingerprint density at radius 3 is 3.15 bits per heavy atom. The Bertz CT molecular complexity index is 401. The molecule has 0 saturated carbocycles. The van der Waals surface area contributed by atoms with Crippen LogP contribution in [0.5, 0.6) is 0 Å². The largest absolute Gasteiger partial charge is 0.240 e. The average Bonchev–Trinajstić information content (AvgIpc) is 2.19. The third-order valence-electron chi connectivity index (χ3n) is 2.20. The van der Waals surface area contributed by atoms with E-state index in [1.165, 1.54) is 5.56 Å². The van der Waals surface area contributed by atoms with Crippen molar-refractivity contribution in [2.24, 2.45) is 4.99 Å². The van der Waals surface area contributed by atoms with Crippen LogP contribution >= 0.6 is 0 Å². The summed E-state index contributed by atoms with van der Waals surface area (Å²) >= 11 is 0. The molecule has 0 aromatic heterocycles. The highest BCUT2D eigenvalue weighted by atomic mass is 16.1. The third-order valence-corrected chi connectivity index (χ3v) is 2.20. The summed E-state index contributed by atoms with van der Waals surface area (Å²) in [6, 6.07) is 5.83. The van der Waals surface area contributed by atoms with E-state index in [0.29, 0.717) is 0 Å². The predicted molar refractivity (Wildman–Crippen MR) is 51.6 cm³/mol. The van der Waals surface area contributed by atoms with E-state index < -0.39 is 0 Å². The van der Waals surface area contributed by atoms with Gasteiger partial charge in [0.05, 0.1) is 5.69 Å². The number of hydrogen-bond donors (Lipinski definition) is 0. The Morgan fingerprint density at radius 2 is 2.31 bits per heavy atom. The van der Waals surface area contributed by atoms with Gasteiger partial charge < -0.3 is 0 Å². The smallest absolute Gasteiger partial charge is 0.211 e. The van der Waals surface area contributed by atoms with Crippen molar-refractivity contribution in [2.75, 3.05) is 0 Å². The lowest BCUT2D eigenvalue weighted by atomic mass is 9.96. The zero-order valence-electron chi connectivity index (χ0n) is 7.16. The van der Waals surface area contributed by atoms with Crippen molar-refractivity contribution >= 4 is 17.8 Å². The standard InChI is InChI=1S/C11H9NO/c13-8-12-11-7-3-5-9-4-1-2-6-10(9)11/h2-3,5-7H,1,4H2. The van der Waals surface area contributed by atoms with Crippen molar-refractivity contribution < 1.29 is 4.79 Å². The lowest BCUT2D eigenvalue weighted by molar-refractivity contribution is 0.565. The molecule has 0 bridgehead atoms. The molecule has 0 spiro atoms. The van der Waals surface area contributed by atoms with Gasteiger partial charge in [0.15, 0.2) is 0 Å². The number of rotatable bonds is 1. The molecule has 0 atom stereocenters. The Morgan fingerprint density at radius 1 is 1.38 bits per heavy atom. The SMILES string of the molecule is O=C=Nc1cccc2c1C=CCC2. The Hall–Kier alpha value is -1.66. The predicted octanol–water partition coefficient (Wildman–Crippen LogP) is 2.61. The summed E-state index contributed by atoms with van der Waals surface area (Å²) in [4.78, 5) is 13.8. The number of fused-ring (bicyclic) bond motifs is 1. The first-order chi connectivity index (χ1) is 6.42. The van der Waals surface area contributed by atoms with Gasteiger partial charge in [0.1, 0.15) is 0 Å². The summed E-state index contributed by atoms with van der Waals surface area (Å²) in [6.45, 7) is 0. The quantitative estimate of drug-likeness (QED) is 0.471. The molecule has 1 aliphatic carbocycles. The van der Waals surface area contributed by atoms with Gasteiger partial charge in [-0.3, -0.25) is 0 Å². The maximum Gasteiger partial charge on any atom is 0.240 e. The molecule has 0 N–H and O–H groups in total. The maximum atomic E-state index is 10.1. The molecule has 1 aliphatic rings. The topological polar surface area (TPSA) is 29.4 Å². The summed E-state index contributed by atoms with van der Waals surface area (Å²) in [6.07, 6.45) is 7.81. The van der Waals surface area contributed by atoms with E-state index in [4.69, 9.17) is 0 Å². The minimum Gasteiger partial charge on any atom is -0.211 e. The van der Waals surface area contributed by atoms with Crippen LogP contribution in [0.3, 0.4) is 0 Å². The molecule has 2 nitrogen and oxygen atoms in total. The van der Waals surface area contributed by atoms with Crippen LogP contribution in [0, 0.1) is 0 Å². The number of allylic oxidation sites excluding steroid dienone is 1. The second kappa shape index (κ2) is 3.38. The molecule has 0 unspecified atom stereocenters. The fourth-order valence-corrected chi connectivity index (χ4v) is 1.60. The summed E-state index contributed by atoms with van der Waals surface area (Å²) in [5.41, 5.74) is 3.06. The highest BCUT2D eigenvalue weighted by Gasteiger charge is 2.07. The zero-order chi connectivity index (χ0) is 9.10. The van der Waals surface area contributed by atoms with Crippen LogP contribution in [0.4, 0.5) is 5.69 Å². The van der Waals surface area contributed by atoms with Crippen molar-refractivity contribution in [1.29, 1.82) is 0 Å². The number of aryl methyl sites for hydroxylation is 1. The van der Waals surface area contributed by atoms with E-state index in [0.717, 1.165) is 24.1 Å². The van der Waals surface area contributed by atoms with Gasteiger partial charge in [0.2, 0.25) is 6.08 Å². The van der Waals surface area contributed by atoms with Gasteiger partial charge in [0, 0.05) is 5.56 Å². The zero-order valence-corrected chi connectivity index (χ0v) is 7.16. The first kappa shape index (κ1) is 7.96. The average molecular weight is 171 g/mol. The van der Waals surface area contributed by atoms with Gasteiger partial charge in [-0.05, 0) is 24.5 Å². The van der Waals surface area contributed by atoms with Gasteiger partial charge in [0.25, 0.3) is 0 Å². The van der Waals surface area contributed by atoms with Crippen LogP contribution in [-0.2, 0) is 11.2 Å². The molecule has 0 saturated heterocycles. The fraction of sp³-hybridized carbons (Fsp3) is 0.182. The number of aliphatic imine (C=N–C) groups is 1. The van der Waals surface area contributed by atoms with E-state index in [2.05, 4.69) is 17.1 Å². The van der Waals surface area contributed by atoms with Gasteiger partial charge in [-0.25, -0.2) is 4.79 Å². The first-order valence-corrected chi connectivity index (χ1v) is 4.28. The molecular weight excluding hydrogens is 162 g/mol. The first-order valence-electron chi connectivity index (χ1n) is 4.28. The molecule has 0 heterocycles. The molecule has 64 valence electrons. The van der Waals surface area contributed by atoms with Crippen molar-refractivity contribution in [2.45, 2.75) is 12.8 Å². The van der Waals surface area contributed by atoms with Crippen LogP contribution in [0.15, 0.2) is 29.3 Å². The Kier molecular flexibility index (Phi) is 2.07. The second-order valence-corrected chi connectivity index (χ2v) is 2.99. The van der Waals surface area contributed by atoms with Crippen LogP contribution in [0.25, 0.3) is 6.08 Å². The highest BCUT2D eigenvalue weighted by Crippen LogP contribution is 2.27. The number of benzene rings is 1. The van der Waals surface area contributed by atoms with Crippen molar-refractivity contribution in [3.05, 3.63) is 35.4 Å². The van der Waals surface area contributed by atoms with Crippen LogP contribution < -0.4 is 0 Å². The van der Waals surface area contributed by atoms with E-state index in [-0.39, 0.29) is 0 Å². The van der Waals surface area contributed by atoms with Crippen molar-refractivity contribution in [3.8, 4) is 0 Å². The molecule has 2 heteroatoms. The molecular formula is C11H9NO. The normalized spacial score (nSPS) is 13.2. The summed E-state index contributed by atoms with van der Waals surface area (Å²) < 4.78 is 0.